The second-order valence-electron chi connectivity index (χ2n) is 3.40. The van der Waals surface area contributed by atoms with Crippen LogP contribution in [-0.2, 0) is 28.1 Å². The van der Waals surface area contributed by atoms with Crippen molar-refractivity contribution in [2.75, 3.05) is 0 Å². The molecule has 0 bridgehead atoms. The van der Waals surface area contributed by atoms with Gasteiger partial charge in [0, 0.05) is 0 Å². The number of hydrogen-bond acceptors (Lipinski definition) is 0. The van der Waals surface area contributed by atoms with Gasteiger partial charge in [-0.15, -0.1) is 5.56 Å². The fourth-order valence-electron chi connectivity index (χ4n) is 2.00. The third-order valence-electron chi connectivity index (χ3n) is 2.62. The summed E-state index contributed by atoms with van der Waals surface area (Å²) in [6.45, 7) is 0. The van der Waals surface area contributed by atoms with Crippen LogP contribution in [0.2, 0.25) is 0 Å². The van der Waals surface area contributed by atoms with Crippen LogP contribution in [-0.4, -0.2) is 0 Å². The molecule has 0 nitrogen and oxygen atoms in total. The SMILES string of the molecule is [CH3-].[CH3-].[Ti+3].[c-]1cccc2c1Cc1ccccc1-2. The second kappa shape index (κ2) is 6.03. The minimum Gasteiger partial charge on any atom is -0.358 e. The van der Waals surface area contributed by atoms with E-state index in [0.29, 0.717) is 0 Å². The number of fused-ring (bicyclic) bond motifs is 3. The Hall–Kier alpha value is -0.846. The minimum atomic E-state index is 0. The molecule has 3 rings (SSSR count). The third-order valence-corrected chi connectivity index (χ3v) is 2.62. The summed E-state index contributed by atoms with van der Waals surface area (Å²) < 4.78 is 0. The zero-order valence-electron chi connectivity index (χ0n) is 9.75. The summed E-state index contributed by atoms with van der Waals surface area (Å²) in [7, 11) is 0. The van der Waals surface area contributed by atoms with Gasteiger partial charge in [-0.25, -0.2) is 0 Å². The van der Waals surface area contributed by atoms with Gasteiger partial charge in [-0.2, -0.15) is 29.8 Å². The van der Waals surface area contributed by atoms with Crippen molar-refractivity contribution in [1.29, 1.82) is 0 Å². The maximum atomic E-state index is 3.30. The fourth-order valence-corrected chi connectivity index (χ4v) is 2.00. The Morgan fingerprint density at radius 3 is 2.38 bits per heavy atom. The van der Waals surface area contributed by atoms with Crippen molar-refractivity contribution in [2.24, 2.45) is 0 Å². The summed E-state index contributed by atoms with van der Waals surface area (Å²) >= 11 is 0. The van der Waals surface area contributed by atoms with Crippen LogP contribution in [0.1, 0.15) is 11.1 Å². The molecule has 0 amide bonds. The average molecular weight is 243 g/mol. The molecule has 0 atom stereocenters. The first-order chi connectivity index (χ1) is 6.45. The molecule has 0 aliphatic heterocycles. The Bertz CT molecular complexity index is 417. The van der Waals surface area contributed by atoms with E-state index >= 15 is 0 Å². The molecule has 0 saturated carbocycles. The van der Waals surface area contributed by atoms with Gasteiger partial charge in [-0.3, -0.25) is 0 Å². The molecule has 0 saturated heterocycles. The molecule has 0 spiro atoms. The predicted octanol–water partition coefficient (Wildman–Crippen LogP) is 3.96. The van der Waals surface area contributed by atoms with E-state index in [0.717, 1.165) is 6.42 Å². The molecule has 0 fully saturated rings. The Kier molecular flexibility index (Phi) is 5.71. The van der Waals surface area contributed by atoms with E-state index in [4.69, 9.17) is 0 Å². The Morgan fingerprint density at radius 1 is 0.875 bits per heavy atom. The van der Waals surface area contributed by atoms with E-state index in [1.54, 1.807) is 0 Å². The van der Waals surface area contributed by atoms with Crippen LogP contribution in [0.5, 0.6) is 0 Å². The van der Waals surface area contributed by atoms with E-state index in [1.165, 1.54) is 22.3 Å². The summed E-state index contributed by atoms with van der Waals surface area (Å²) in [5.74, 6) is 0. The zero-order valence-corrected chi connectivity index (χ0v) is 11.3. The van der Waals surface area contributed by atoms with Gasteiger partial charge in [0.1, 0.15) is 0 Å². The topological polar surface area (TPSA) is 0 Å². The van der Waals surface area contributed by atoms with E-state index in [1.807, 2.05) is 6.07 Å². The van der Waals surface area contributed by atoms with Gasteiger partial charge >= 0.3 is 21.7 Å². The molecule has 0 aromatic heterocycles. The zero-order chi connectivity index (χ0) is 8.67. The molecule has 1 aliphatic rings. The van der Waals surface area contributed by atoms with Gasteiger partial charge < -0.3 is 14.9 Å². The van der Waals surface area contributed by atoms with Crippen LogP contribution in [0.4, 0.5) is 0 Å². The van der Waals surface area contributed by atoms with Crippen LogP contribution in [0.25, 0.3) is 11.1 Å². The van der Waals surface area contributed by atoms with Crippen LogP contribution < -0.4 is 0 Å². The average Bonchev–Trinajstić information content (AvgIpc) is 2.56. The Labute approximate surface area is 114 Å². The molecule has 1 heteroatoms. The van der Waals surface area contributed by atoms with Gasteiger partial charge in [0.2, 0.25) is 0 Å². The summed E-state index contributed by atoms with van der Waals surface area (Å²) in [6, 6.07) is 18.1. The standard InChI is InChI=1S/C13H9.2CH3.Ti/c1-3-7-12-10(5-1)9-11-6-2-4-8-13(11)12;;;/h1-5,7-8H,9H2;2*1H3;/q3*-1;+3. The summed E-state index contributed by atoms with van der Waals surface area (Å²) in [4.78, 5) is 0. The Morgan fingerprint density at radius 2 is 1.56 bits per heavy atom. The smallest absolute Gasteiger partial charge is 0.358 e. The third kappa shape index (κ3) is 2.29. The maximum Gasteiger partial charge on any atom is 3.00 e. The van der Waals surface area contributed by atoms with Crippen molar-refractivity contribution in [3.8, 4) is 11.1 Å². The van der Waals surface area contributed by atoms with E-state index < -0.39 is 0 Å². The van der Waals surface area contributed by atoms with Crippen molar-refractivity contribution in [2.45, 2.75) is 6.42 Å². The van der Waals surface area contributed by atoms with Crippen molar-refractivity contribution in [3.05, 3.63) is 74.5 Å². The molecule has 0 unspecified atom stereocenters. The van der Waals surface area contributed by atoms with E-state index in [2.05, 4.69) is 42.5 Å². The molecule has 2 aromatic carbocycles. The van der Waals surface area contributed by atoms with Gasteiger partial charge in [-0.05, 0) is 6.42 Å². The summed E-state index contributed by atoms with van der Waals surface area (Å²) in [6.07, 6.45) is 1.05. The first kappa shape index (κ1) is 15.2. The number of rotatable bonds is 0. The molecule has 2 aromatic rings. The van der Waals surface area contributed by atoms with Crippen molar-refractivity contribution in [1.82, 2.24) is 0 Å². The largest absolute Gasteiger partial charge is 3.00 e. The van der Waals surface area contributed by atoms with Crippen molar-refractivity contribution < 1.29 is 21.7 Å². The molecule has 1 radical (unpaired) electrons. The molecule has 1 aliphatic carbocycles. The summed E-state index contributed by atoms with van der Waals surface area (Å²) in [5.41, 5.74) is 5.51. The second-order valence-corrected chi connectivity index (χ2v) is 3.40. The quantitative estimate of drug-likeness (QED) is 0.414. The monoisotopic (exact) mass is 243 g/mol. The van der Waals surface area contributed by atoms with Crippen LogP contribution in [0.3, 0.4) is 0 Å². The minimum absolute atomic E-state index is 0. The van der Waals surface area contributed by atoms with Gasteiger partial charge in [0.05, 0.1) is 0 Å². The molecule has 0 N–H and O–H groups in total. The van der Waals surface area contributed by atoms with E-state index in [9.17, 15) is 0 Å². The first-order valence-electron chi connectivity index (χ1n) is 4.53. The fraction of sp³-hybridized carbons (Fsp3) is 0.0667. The number of benzene rings is 2. The van der Waals surface area contributed by atoms with Gasteiger partial charge in [0.15, 0.2) is 0 Å². The molecule has 16 heavy (non-hydrogen) atoms. The molecular weight excluding hydrogens is 228 g/mol. The van der Waals surface area contributed by atoms with Crippen molar-refractivity contribution >= 4 is 0 Å². The van der Waals surface area contributed by atoms with E-state index in [-0.39, 0.29) is 36.6 Å². The van der Waals surface area contributed by atoms with Gasteiger partial charge in [-0.1, -0.05) is 35.4 Å². The van der Waals surface area contributed by atoms with Crippen LogP contribution in [0, 0.1) is 20.9 Å². The maximum absolute atomic E-state index is 3.30. The number of hydrogen-bond donors (Lipinski definition) is 0. The Balaban J connectivity index is 0.000000750. The molecular formula is C15H15Ti. The molecule has 79 valence electrons. The van der Waals surface area contributed by atoms with Gasteiger partial charge in [0.25, 0.3) is 0 Å². The van der Waals surface area contributed by atoms with Crippen LogP contribution >= 0.6 is 0 Å². The normalized spacial score (nSPS) is 10.0. The summed E-state index contributed by atoms with van der Waals surface area (Å²) in [5, 5.41) is 0. The van der Waals surface area contributed by atoms with Crippen molar-refractivity contribution in [3.63, 3.8) is 0 Å². The predicted molar refractivity (Wildman–Crippen MR) is 66.3 cm³/mol. The molecule has 0 heterocycles. The van der Waals surface area contributed by atoms with Crippen LogP contribution in [0.15, 0.2) is 42.5 Å². The first-order valence-corrected chi connectivity index (χ1v) is 4.53.